The van der Waals surface area contributed by atoms with E-state index in [1.165, 1.54) is 12.0 Å². The van der Waals surface area contributed by atoms with Gasteiger partial charge in [-0.2, -0.15) is 11.8 Å². The minimum Gasteiger partial charge on any atom is -0.494 e. The number of hydrogen-bond donors (Lipinski definition) is 5. The van der Waals surface area contributed by atoms with Crippen LogP contribution in [0.25, 0.3) is 10.4 Å². The first-order chi connectivity index (χ1) is 27.2. The lowest BCUT2D eigenvalue weighted by Gasteiger charge is -2.38. The van der Waals surface area contributed by atoms with Gasteiger partial charge in [-0.1, -0.05) is 24.3 Å². The van der Waals surface area contributed by atoms with Crippen molar-refractivity contribution < 1.29 is 43.3 Å². The third kappa shape index (κ3) is 10.6. The van der Waals surface area contributed by atoms with E-state index in [0.29, 0.717) is 41.4 Å². The van der Waals surface area contributed by atoms with Crippen molar-refractivity contribution in [2.24, 2.45) is 11.8 Å². The number of likely N-dealkylation sites (tertiary alicyclic amines) is 1. The van der Waals surface area contributed by atoms with Crippen LogP contribution in [0.3, 0.4) is 0 Å². The van der Waals surface area contributed by atoms with Gasteiger partial charge in [-0.3, -0.25) is 19.7 Å². The van der Waals surface area contributed by atoms with Crippen LogP contribution in [0.2, 0.25) is 0 Å². The van der Waals surface area contributed by atoms with Crippen LogP contribution in [0.1, 0.15) is 70.1 Å². The molecule has 5 N–H and O–H groups in total. The molecular weight excluding hydrogens is 774 g/mol. The van der Waals surface area contributed by atoms with Crippen LogP contribution in [0.5, 0.6) is 11.5 Å². The second kappa shape index (κ2) is 18.0. The van der Waals surface area contributed by atoms with Crippen LogP contribution in [0.15, 0.2) is 48.0 Å². The van der Waals surface area contributed by atoms with Gasteiger partial charge in [0.2, 0.25) is 11.8 Å². The molecule has 3 aromatic rings. The van der Waals surface area contributed by atoms with Crippen molar-refractivity contribution in [3.63, 3.8) is 0 Å². The maximum absolute atomic E-state index is 15.0. The Kier molecular flexibility index (Phi) is 13.3. The van der Waals surface area contributed by atoms with E-state index in [1.807, 2.05) is 45.0 Å². The molecule has 6 rings (SSSR count). The monoisotopic (exact) mass is 825 g/mol. The smallest absolute Gasteiger partial charge is 0.409 e. The van der Waals surface area contributed by atoms with E-state index in [2.05, 4.69) is 20.9 Å². The molecule has 0 bridgehead atoms. The number of carbonyl (C=O) groups excluding carboxylic acids is 3. The normalized spacial score (nSPS) is 22.0. The molecule has 13 nitrogen and oxygen atoms in total. The number of thiazole rings is 1. The minimum absolute atomic E-state index is 0.0518. The third-order valence-corrected chi connectivity index (χ3v) is 13.8. The number of anilines is 1. The van der Waals surface area contributed by atoms with Crippen molar-refractivity contribution in [3.8, 4) is 21.9 Å². The maximum Gasteiger partial charge on any atom is 0.409 e. The molecule has 2 saturated carbocycles. The summed E-state index contributed by atoms with van der Waals surface area (Å²) in [5.41, 5.74) is 2.99. The Morgan fingerprint density at radius 2 is 1.79 bits per heavy atom. The average Bonchev–Trinajstić information content (AvgIpc) is 3.60. The predicted molar refractivity (Wildman–Crippen MR) is 217 cm³/mol. The SMILES string of the molecule is COc1cc(OCC2CCC(CSC(C)(C)[C@@H](NC(=O)C3(F)CC3)C(=O)N3C[C@H](O)C[C@H]3C(=O)NCc3ccc(-c4scnc4C)cc3)CC2)ccc1NC(=O)O. The molecule has 0 unspecified atom stereocenters. The summed E-state index contributed by atoms with van der Waals surface area (Å²) in [6, 6.07) is 10.7. The number of rotatable bonds is 16. The highest BCUT2D eigenvalue weighted by Gasteiger charge is 2.54. The highest BCUT2D eigenvalue weighted by Crippen LogP contribution is 2.42. The number of aryl methyl sites for hydroxylation is 1. The number of alkyl halides is 1. The highest BCUT2D eigenvalue weighted by molar-refractivity contribution is 8.00. The van der Waals surface area contributed by atoms with E-state index in [9.17, 15) is 24.3 Å². The van der Waals surface area contributed by atoms with Gasteiger partial charge in [-0.05, 0) is 100 Å². The first-order valence-corrected chi connectivity index (χ1v) is 21.2. The van der Waals surface area contributed by atoms with Gasteiger partial charge in [-0.15, -0.1) is 11.3 Å². The minimum atomic E-state index is -2.00. The van der Waals surface area contributed by atoms with Gasteiger partial charge in [0.15, 0.2) is 5.67 Å². The number of carbonyl (C=O) groups is 4. The number of β-amino-alcohol motifs (C(OH)–C–C–N with tert-alkyl or cyclic N) is 1. The van der Waals surface area contributed by atoms with Crippen molar-refractivity contribution >= 4 is 52.6 Å². The zero-order valence-corrected chi connectivity index (χ0v) is 34.3. The van der Waals surface area contributed by atoms with Gasteiger partial charge < -0.3 is 35.2 Å². The van der Waals surface area contributed by atoms with Crippen molar-refractivity contribution in [2.45, 2.75) is 101 Å². The molecule has 1 aliphatic heterocycles. The number of aliphatic hydroxyl groups is 1. The number of benzene rings is 2. The summed E-state index contributed by atoms with van der Waals surface area (Å²) < 4.78 is 25.5. The summed E-state index contributed by atoms with van der Waals surface area (Å²) in [4.78, 5) is 58.9. The lowest BCUT2D eigenvalue weighted by atomic mass is 9.83. The zero-order chi connectivity index (χ0) is 40.9. The standard InChI is InChI=1S/C41H52FN5O8S2/c1-24-34(56-23-44-24)28-11-9-25(10-12-28)19-43-36(49)32-17-29(48)20-47(32)37(50)35(46-38(51)41(42)15-16-41)40(2,3)57-22-27-7-5-26(6-8-27)21-55-30-13-14-31(45-39(52)53)33(18-30)54-4/h9-14,18,23,26-27,29,32,35,45,48H,5-8,15-17,19-22H2,1-4H3,(H,43,49)(H,46,51)(H,52,53)/t26?,27?,29-,32+,35+/m1/s1. The van der Waals surface area contributed by atoms with Gasteiger partial charge in [-0.25, -0.2) is 14.2 Å². The van der Waals surface area contributed by atoms with E-state index in [0.717, 1.165) is 47.4 Å². The number of aromatic nitrogens is 1. The first kappa shape index (κ1) is 42.2. The number of nitrogens with zero attached hydrogens (tertiary/aromatic N) is 2. The Labute approximate surface area is 340 Å². The van der Waals surface area contributed by atoms with Crippen molar-refractivity contribution in [1.82, 2.24) is 20.5 Å². The van der Waals surface area contributed by atoms with Crippen molar-refractivity contribution in [1.29, 1.82) is 0 Å². The summed E-state index contributed by atoms with van der Waals surface area (Å²) in [5.74, 6) is 0.588. The van der Waals surface area contributed by atoms with Gasteiger partial charge in [0.05, 0.1) is 41.6 Å². The number of ether oxygens (including phenoxy) is 2. The van der Waals surface area contributed by atoms with Crippen molar-refractivity contribution in [2.75, 3.05) is 31.3 Å². The fourth-order valence-corrected chi connectivity index (χ4v) is 9.57. The fourth-order valence-electron chi connectivity index (χ4n) is 7.44. The van der Waals surface area contributed by atoms with E-state index >= 15 is 4.39 Å². The topological polar surface area (TPSA) is 179 Å². The summed E-state index contributed by atoms with van der Waals surface area (Å²) >= 11 is 3.11. The Bertz CT molecular complexity index is 1910. The molecule has 308 valence electrons. The number of carboxylic acid groups (broad SMARTS) is 1. The number of nitrogens with one attached hydrogen (secondary N) is 3. The molecular formula is C41H52FN5O8S2. The second-order valence-corrected chi connectivity index (χ2v) is 18.4. The molecule has 3 atom stereocenters. The van der Waals surface area contributed by atoms with Gasteiger partial charge in [0, 0.05) is 30.3 Å². The third-order valence-electron chi connectivity index (χ3n) is 11.2. The molecule has 0 radical (unpaired) electrons. The number of methoxy groups -OCH3 is 1. The number of amides is 4. The quantitative estimate of drug-likeness (QED) is 0.112. The van der Waals surface area contributed by atoms with E-state index in [-0.39, 0.29) is 32.4 Å². The van der Waals surface area contributed by atoms with Gasteiger partial charge >= 0.3 is 6.09 Å². The summed E-state index contributed by atoms with van der Waals surface area (Å²) in [6.07, 6.45) is 1.88. The molecule has 2 aromatic carbocycles. The summed E-state index contributed by atoms with van der Waals surface area (Å²) in [5, 5.41) is 27.7. The Hall–Kier alpha value is -4.41. The molecule has 2 aliphatic carbocycles. The molecule has 1 saturated heterocycles. The van der Waals surface area contributed by atoms with E-state index in [1.54, 1.807) is 46.8 Å². The number of hydrogen-bond acceptors (Lipinski definition) is 10. The lowest BCUT2D eigenvalue weighted by molar-refractivity contribution is -0.143. The highest BCUT2D eigenvalue weighted by atomic mass is 32.2. The molecule has 0 spiro atoms. The Balaban J connectivity index is 1.04. The predicted octanol–water partition coefficient (Wildman–Crippen LogP) is 6.18. The van der Waals surface area contributed by atoms with Crippen LogP contribution in [0.4, 0.5) is 14.9 Å². The molecule has 1 aromatic heterocycles. The largest absolute Gasteiger partial charge is 0.494 e. The zero-order valence-electron chi connectivity index (χ0n) is 32.7. The van der Waals surface area contributed by atoms with Crippen LogP contribution >= 0.6 is 23.1 Å². The molecule has 16 heteroatoms. The van der Waals surface area contributed by atoms with Gasteiger partial charge in [0.1, 0.15) is 23.6 Å². The summed E-state index contributed by atoms with van der Waals surface area (Å²) in [7, 11) is 1.46. The van der Waals surface area contributed by atoms with E-state index in [4.69, 9.17) is 14.6 Å². The van der Waals surface area contributed by atoms with Crippen LogP contribution in [-0.2, 0) is 20.9 Å². The Morgan fingerprint density at radius 1 is 1.09 bits per heavy atom. The number of aliphatic hydroxyl groups excluding tert-OH is 1. The Morgan fingerprint density at radius 3 is 2.42 bits per heavy atom. The van der Waals surface area contributed by atoms with Gasteiger partial charge in [0.25, 0.3) is 5.91 Å². The van der Waals surface area contributed by atoms with Crippen LogP contribution in [0, 0.1) is 18.8 Å². The fraction of sp³-hybridized carbons (Fsp3) is 0.537. The number of thioether (sulfide) groups is 1. The van der Waals surface area contributed by atoms with Crippen LogP contribution in [-0.4, -0.2) is 98.5 Å². The molecule has 57 heavy (non-hydrogen) atoms. The average molecular weight is 826 g/mol. The molecule has 4 amide bonds. The maximum atomic E-state index is 15.0. The lowest BCUT2D eigenvalue weighted by Crippen LogP contribution is -2.61. The number of halogens is 1. The summed E-state index contributed by atoms with van der Waals surface area (Å²) in [6.45, 7) is 6.34. The van der Waals surface area contributed by atoms with E-state index < -0.39 is 52.4 Å². The molecule has 3 fully saturated rings. The molecule has 2 heterocycles. The van der Waals surface area contributed by atoms with Crippen LogP contribution < -0.4 is 25.4 Å². The first-order valence-electron chi connectivity index (χ1n) is 19.4. The van der Waals surface area contributed by atoms with Crippen molar-refractivity contribution in [3.05, 3.63) is 59.2 Å². The molecule has 3 aliphatic rings. The second-order valence-electron chi connectivity index (χ2n) is 15.9.